The second-order valence-corrected chi connectivity index (χ2v) is 14.7. The number of rotatable bonds is 0. The molecule has 3 fully saturated rings. The van der Waals surface area contributed by atoms with Crippen LogP contribution < -0.4 is 0 Å². The first-order valence-electron chi connectivity index (χ1n) is 13.3. The molecule has 0 spiro atoms. The van der Waals surface area contributed by atoms with Gasteiger partial charge in [-0.3, -0.25) is 0 Å². The number of allylic oxidation sites excluding steroid dienone is 3. The summed E-state index contributed by atoms with van der Waals surface area (Å²) in [5.74, 6) is 0.738. The lowest BCUT2D eigenvalue weighted by Crippen LogP contribution is -2.60. The Hall–Kier alpha value is -0.560. The Morgan fingerprint density at radius 1 is 0.806 bits per heavy atom. The molecule has 6 atom stereocenters. The van der Waals surface area contributed by atoms with Crippen molar-refractivity contribution in [2.45, 2.75) is 126 Å². The van der Waals surface area contributed by atoms with Crippen molar-refractivity contribution in [1.82, 2.24) is 0 Å². The van der Waals surface area contributed by atoms with Gasteiger partial charge in [0.25, 0.3) is 0 Å². The zero-order valence-corrected chi connectivity index (χ0v) is 21.8. The molecule has 0 heterocycles. The first-order chi connectivity index (χ1) is 14.2. The Morgan fingerprint density at radius 2 is 1.48 bits per heavy atom. The van der Waals surface area contributed by atoms with E-state index in [1.165, 1.54) is 51.4 Å². The van der Waals surface area contributed by atoms with E-state index in [1.54, 1.807) is 5.57 Å². The summed E-state index contributed by atoms with van der Waals surface area (Å²) in [6.45, 7) is 20.1. The molecule has 0 aromatic carbocycles. The van der Waals surface area contributed by atoms with Crippen molar-refractivity contribution in [2.75, 3.05) is 0 Å². The van der Waals surface area contributed by atoms with E-state index in [0.717, 1.165) is 18.8 Å². The van der Waals surface area contributed by atoms with Crippen LogP contribution in [0.4, 0.5) is 0 Å². The fraction of sp³-hybridized carbons (Fsp3) is 0.867. The third kappa shape index (κ3) is 2.71. The molecule has 0 aromatic heterocycles. The zero-order chi connectivity index (χ0) is 22.7. The van der Waals surface area contributed by atoms with Crippen molar-refractivity contribution >= 4 is 0 Å². The van der Waals surface area contributed by atoms with E-state index in [9.17, 15) is 5.11 Å². The predicted octanol–water partition coefficient (Wildman–Crippen LogP) is 8.23. The molecule has 174 valence electrons. The molecule has 5 rings (SSSR count). The summed E-state index contributed by atoms with van der Waals surface area (Å²) in [7, 11) is 0. The van der Waals surface area contributed by atoms with Crippen LogP contribution in [-0.2, 0) is 0 Å². The van der Waals surface area contributed by atoms with Gasteiger partial charge in [0.1, 0.15) is 0 Å². The minimum Gasteiger partial charge on any atom is -0.392 e. The van der Waals surface area contributed by atoms with Crippen molar-refractivity contribution < 1.29 is 5.11 Å². The molecule has 31 heavy (non-hydrogen) atoms. The Morgan fingerprint density at radius 3 is 2.19 bits per heavy atom. The van der Waals surface area contributed by atoms with E-state index >= 15 is 0 Å². The quantitative estimate of drug-likeness (QED) is 0.388. The average Bonchev–Trinajstić information content (AvgIpc) is 2.67. The first kappa shape index (κ1) is 22.2. The molecule has 3 saturated carbocycles. The van der Waals surface area contributed by atoms with Gasteiger partial charge in [0, 0.05) is 5.41 Å². The SMILES string of the molecule is CC1(C)CC[C@]2(C)CC[C@]3(C)C(=C2C1)CC[C@@H]1[C@@]2(C)CC[C@@H](O)C(C)(C)C2=CC[C@]13C. The molecule has 0 bridgehead atoms. The van der Waals surface area contributed by atoms with Crippen molar-refractivity contribution in [1.29, 1.82) is 0 Å². The van der Waals surface area contributed by atoms with E-state index in [-0.39, 0.29) is 16.9 Å². The van der Waals surface area contributed by atoms with E-state index in [1.807, 2.05) is 11.1 Å². The first-order valence-corrected chi connectivity index (χ1v) is 13.3. The molecule has 5 aliphatic rings. The molecular formula is C30H48O. The van der Waals surface area contributed by atoms with Gasteiger partial charge in [-0.25, -0.2) is 0 Å². The summed E-state index contributed by atoms with van der Waals surface area (Å²) < 4.78 is 0. The number of aliphatic hydroxyl groups is 1. The van der Waals surface area contributed by atoms with E-state index in [0.29, 0.717) is 21.7 Å². The molecule has 0 aromatic rings. The number of hydrogen-bond donors (Lipinski definition) is 1. The van der Waals surface area contributed by atoms with Crippen molar-refractivity contribution in [3.8, 4) is 0 Å². The fourth-order valence-corrected chi connectivity index (χ4v) is 9.76. The van der Waals surface area contributed by atoms with Gasteiger partial charge in [-0.1, -0.05) is 78.2 Å². The molecular weight excluding hydrogens is 376 g/mol. The summed E-state index contributed by atoms with van der Waals surface area (Å²) in [5, 5.41) is 10.8. The fourth-order valence-electron chi connectivity index (χ4n) is 9.76. The minimum absolute atomic E-state index is 0.0769. The Bertz CT molecular complexity index is 858. The van der Waals surface area contributed by atoms with Gasteiger partial charge in [0.15, 0.2) is 0 Å². The summed E-state index contributed by atoms with van der Waals surface area (Å²) in [4.78, 5) is 0. The van der Waals surface area contributed by atoms with Gasteiger partial charge in [0.05, 0.1) is 6.10 Å². The van der Waals surface area contributed by atoms with Crippen LogP contribution in [0, 0.1) is 38.4 Å². The van der Waals surface area contributed by atoms with Crippen LogP contribution in [0.15, 0.2) is 22.8 Å². The monoisotopic (exact) mass is 424 g/mol. The Kier molecular flexibility index (Phi) is 4.53. The zero-order valence-electron chi connectivity index (χ0n) is 21.8. The number of aliphatic hydroxyl groups excluding tert-OH is 1. The van der Waals surface area contributed by atoms with E-state index in [2.05, 4.69) is 61.5 Å². The molecule has 0 unspecified atom stereocenters. The van der Waals surface area contributed by atoms with Gasteiger partial charge in [-0.2, -0.15) is 0 Å². The van der Waals surface area contributed by atoms with Crippen LogP contribution >= 0.6 is 0 Å². The second-order valence-electron chi connectivity index (χ2n) is 14.7. The smallest absolute Gasteiger partial charge is 0.0628 e. The van der Waals surface area contributed by atoms with Crippen LogP contribution in [0.3, 0.4) is 0 Å². The standard InChI is InChI=1S/C30H48O/c1-25(2)15-16-27(5)17-18-29(7)20(21(27)19-25)9-10-23-28(6)13-12-24(31)26(3,4)22(28)11-14-30(23,29)8/h11,23-24,31H,9-10,12-19H2,1-8H3/t23-,24-,27-,28+,29-,30-/m1/s1. The third-order valence-electron chi connectivity index (χ3n) is 12.2. The number of hydrogen-bond acceptors (Lipinski definition) is 1. The minimum atomic E-state index is -0.187. The maximum Gasteiger partial charge on any atom is 0.0628 e. The van der Waals surface area contributed by atoms with Crippen LogP contribution in [0.2, 0.25) is 0 Å². The van der Waals surface area contributed by atoms with Gasteiger partial charge in [-0.15, -0.1) is 0 Å². The highest BCUT2D eigenvalue weighted by Gasteiger charge is 2.65. The lowest BCUT2D eigenvalue weighted by molar-refractivity contribution is -0.107. The summed E-state index contributed by atoms with van der Waals surface area (Å²) in [6, 6.07) is 0. The maximum absolute atomic E-state index is 10.8. The lowest BCUT2D eigenvalue weighted by atomic mass is 9.36. The topological polar surface area (TPSA) is 20.2 Å². The van der Waals surface area contributed by atoms with Crippen molar-refractivity contribution in [2.24, 2.45) is 38.4 Å². The summed E-state index contributed by atoms with van der Waals surface area (Å²) in [6.07, 6.45) is 15.3. The van der Waals surface area contributed by atoms with Crippen molar-refractivity contribution in [3.05, 3.63) is 22.8 Å². The molecule has 1 heteroatoms. The molecule has 1 N–H and O–H groups in total. The number of fused-ring (bicyclic) bond motifs is 6. The lowest BCUT2D eigenvalue weighted by Gasteiger charge is -2.68. The average molecular weight is 425 g/mol. The van der Waals surface area contributed by atoms with Crippen LogP contribution in [0.1, 0.15) is 120 Å². The van der Waals surface area contributed by atoms with Crippen molar-refractivity contribution in [3.63, 3.8) is 0 Å². The van der Waals surface area contributed by atoms with Crippen LogP contribution in [-0.4, -0.2) is 11.2 Å². The highest BCUT2D eigenvalue weighted by atomic mass is 16.3. The van der Waals surface area contributed by atoms with Gasteiger partial charge in [0.2, 0.25) is 0 Å². The van der Waals surface area contributed by atoms with Crippen LogP contribution in [0.5, 0.6) is 0 Å². The second kappa shape index (κ2) is 6.31. The summed E-state index contributed by atoms with van der Waals surface area (Å²) >= 11 is 0. The Labute approximate surface area is 192 Å². The largest absolute Gasteiger partial charge is 0.392 e. The molecule has 1 nitrogen and oxygen atoms in total. The summed E-state index contributed by atoms with van der Waals surface area (Å²) in [5.41, 5.74) is 7.14. The Balaban J connectivity index is 1.64. The van der Waals surface area contributed by atoms with Crippen LogP contribution in [0.25, 0.3) is 0 Å². The van der Waals surface area contributed by atoms with Gasteiger partial charge < -0.3 is 5.11 Å². The van der Waals surface area contributed by atoms with E-state index in [4.69, 9.17) is 0 Å². The molecule has 0 radical (unpaired) electrons. The maximum atomic E-state index is 10.8. The predicted molar refractivity (Wildman–Crippen MR) is 131 cm³/mol. The molecule has 0 saturated heterocycles. The third-order valence-corrected chi connectivity index (χ3v) is 12.2. The highest BCUT2D eigenvalue weighted by Crippen LogP contribution is 2.74. The van der Waals surface area contributed by atoms with Gasteiger partial charge >= 0.3 is 0 Å². The normalized spacial score (nSPS) is 50.5. The molecule has 0 amide bonds. The highest BCUT2D eigenvalue weighted by molar-refractivity contribution is 5.41. The molecule has 0 aliphatic heterocycles. The van der Waals surface area contributed by atoms with E-state index < -0.39 is 0 Å². The van der Waals surface area contributed by atoms with Gasteiger partial charge in [-0.05, 0) is 97.2 Å². The molecule has 5 aliphatic carbocycles.